The standard InChI is InChI=1S/C19H20N4O4S/c1-10-8-13(11(2)27-10)15-16(23-28-22-15)19(26)21-14(17(24)18(20)25)9-12-6-4-3-5-7-12/h3-8,14,17,24H,9H2,1-2H3,(H2,20,25)(H,21,26). The predicted octanol–water partition coefficient (Wildman–Crippen LogP) is 1.60. The van der Waals surface area contributed by atoms with Crippen LogP contribution in [-0.4, -0.2) is 37.8 Å². The third-order valence-corrected chi connectivity index (χ3v) is 4.82. The zero-order valence-electron chi connectivity index (χ0n) is 15.4. The Labute approximate surface area is 165 Å². The molecule has 1 aromatic carbocycles. The van der Waals surface area contributed by atoms with Gasteiger partial charge in [-0.1, -0.05) is 30.3 Å². The number of carbonyl (C=O) groups is 2. The molecule has 0 fully saturated rings. The molecule has 3 rings (SSSR count). The quantitative estimate of drug-likeness (QED) is 0.552. The van der Waals surface area contributed by atoms with Gasteiger partial charge in [-0.2, -0.15) is 8.75 Å². The lowest BCUT2D eigenvalue weighted by atomic mass is 10.0. The van der Waals surface area contributed by atoms with Gasteiger partial charge in [0, 0.05) is 5.56 Å². The molecule has 146 valence electrons. The fraction of sp³-hybridized carbons (Fsp3) is 0.263. The van der Waals surface area contributed by atoms with E-state index in [1.165, 1.54) is 0 Å². The third-order valence-electron chi connectivity index (χ3n) is 4.29. The van der Waals surface area contributed by atoms with E-state index in [1.54, 1.807) is 19.9 Å². The van der Waals surface area contributed by atoms with Gasteiger partial charge in [0.25, 0.3) is 5.91 Å². The summed E-state index contributed by atoms with van der Waals surface area (Å²) in [7, 11) is 0. The normalized spacial score (nSPS) is 13.1. The monoisotopic (exact) mass is 400 g/mol. The third kappa shape index (κ3) is 4.26. The minimum atomic E-state index is -1.54. The van der Waals surface area contributed by atoms with Crippen molar-refractivity contribution >= 4 is 23.5 Å². The van der Waals surface area contributed by atoms with Crippen LogP contribution in [-0.2, 0) is 11.2 Å². The lowest BCUT2D eigenvalue weighted by molar-refractivity contribution is -0.127. The van der Waals surface area contributed by atoms with E-state index in [1.807, 2.05) is 30.3 Å². The Morgan fingerprint density at radius 1 is 1.25 bits per heavy atom. The van der Waals surface area contributed by atoms with Crippen molar-refractivity contribution in [2.75, 3.05) is 0 Å². The molecule has 0 aliphatic carbocycles. The van der Waals surface area contributed by atoms with Crippen LogP contribution < -0.4 is 11.1 Å². The maximum absolute atomic E-state index is 12.8. The van der Waals surface area contributed by atoms with E-state index >= 15 is 0 Å². The van der Waals surface area contributed by atoms with Gasteiger partial charge in [0.05, 0.1) is 17.8 Å². The van der Waals surface area contributed by atoms with Crippen LogP contribution in [0.25, 0.3) is 11.3 Å². The molecule has 0 spiro atoms. The van der Waals surface area contributed by atoms with Gasteiger partial charge in [0.15, 0.2) is 11.8 Å². The highest BCUT2D eigenvalue weighted by Crippen LogP contribution is 2.28. The summed E-state index contributed by atoms with van der Waals surface area (Å²) in [5.41, 5.74) is 7.25. The topological polar surface area (TPSA) is 131 Å². The zero-order valence-corrected chi connectivity index (χ0v) is 16.2. The van der Waals surface area contributed by atoms with Crippen LogP contribution in [0, 0.1) is 13.8 Å². The molecule has 0 saturated heterocycles. The molecule has 2 atom stereocenters. The summed E-state index contributed by atoms with van der Waals surface area (Å²) in [6.45, 7) is 3.58. The number of aryl methyl sites for hydroxylation is 2. The first-order valence-electron chi connectivity index (χ1n) is 8.59. The molecule has 0 bridgehead atoms. The summed E-state index contributed by atoms with van der Waals surface area (Å²) in [6.07, 6.45) is -1.31. The van der Waals surface area contributed by atoms with E-state index in [9.17, 15) is 14.7 Å². The van der Waals surface area contributed by atoms with Crippen molar-refractivity contribution in [2.45, 2.75) is 32.4 Å². The minimum Gasteiger partial charge on any atom is -0.466 e. The number of furan rings is 1. The number of carbonyl (C=O) groups excluding carboxylic acids is 2. The first-order chi connectivity index (χ1) is 13.4. The van der Waals surface area contributed by atoms with Crippen LogP contribution in [0.3, 0.4) is 0 Å². The second-order valence-electron chi connectivity index (χ2n) is 6.41. The molecule has 0 saturated carbocycles. The molecule has 2 aromatic heterocycles. The summed E-state index contributed by atoms with van der Waals surface area (Å²) >= 11 is 0.896. The van der Waals surface area contributed by atoms with Crippen molar-refractivity contribution in [3.05, 3.63) is 59.2 Å². The summed E-state index contributed by atoms with van der Waals surface area (Å²) in [4.78, 5) is 24.4. The number of nitrogens with two attached hydrogens (primary N) is 1. The number of aliphatic hydroxyl groups excluding tert-OH is 1. The average molecular weight is 400 g/mol. The first-order valence-corrected chi connectivity index (χ1v) is 9.32. The Kier molecular flexibility index (Phi) is 5.86. The van der Waals surface area contributed by atoms with E-state index in [0.717, 1.165) is 17.3 Å². The van der Waals surface area contributed by atoms with Gasteiger partial charge in [0.1, 0.15) is 17.2 Å². The molecule has 2 unspecified atom stereocenters. The smallest absolute Gasteiger partial charge is 0.273 e. The lowest BCUT2D eigenvalue weighted by Gasteiger charge is -2.22. The van der Waals surface area contributed by atoms with Crippen LogP contribution in [0.5, 0.6) is 0 Å². The minimum absolute atomic E-state index is 0.101. The number of rotatable bonds is 7. The first kappa shape index (κ1) is 19.7. The Morgan fingerprint density at radius 2 is 1.96 bits per heavy atom. The Bertz CT molecular complexity index is 983. The molecule has 9 heteroatoms. The van der Waals surface area contributed by atoms with E-state index in [4.69, 9.17) is 10.2 Å². The molecule has 2 heterocycles. The van der Waals surface area contributed by atoms with Crippen molar-refractivity contribution in [3.63, 3.8) is 0 Å². The maximum Gasteiger partial charge on any atom is 0.273 e. The van der Waals surface area contributed by atoms with Crippen molar-refractivity contribution in [1.82, 2.24) is 14.1 Å². The van der Waals surface area contributed by atoms with Crippen molar-refractivity contribution < 1.29 is 19.1 Å². The largest absolute Gasteiger partial charge is 0.466 e. The number of aliphatic hydroxyl groups is 1. The van der Waals surface area contributed by atoms with Crippen LogP contribution in [0.2, 0.25) is 0 Å². The molecule has 3 aromatic rings. The van der Waals surface area contributed by atoms with Gasteiger partial charge in [-0.05, 0) is 31.9 Å². The average Bonchev–Trinajstić information content (AvgIpc) is 3.27. The van der Waals surface area contributed by atoms with Gasteiger partial charge in [0.2, 0.25) is 5.91 Å². The summed E-state index contributed by atoms with van der Waals surface area (Å²) in [6, 6.07) is 10.1. The molecule has 0 aliphatic heterocycles. The molecule has 2 amide bonds. The SMILES string of the molecule is Cc1cc(-c2nsnc2C(=O)NC(Cc2ccccc2)C(O)C(N)=O)c(C)o1. The van der Waals surface area contributed by atoms with E-state index in [-0.39, 0.29) is 12.1 Å². The highest BCUT2D eigenvalue weighted by atomic mass is 32.1. The maximum atomic E-state index is 12.8. The van der Waals surface area contributed by atoms with Crippen molar-refractivity contribution in [2.24, 2.45) is 5.73 Å². The molecule has 4 N–H and O–H groups in total. The molecular weight excluding hydrogens is 380 g/mol. The summed E-state index contributed by atoms with van der Waals surface area (Å²) in [5.74, 6) is -0.155. The Morgan fingerprint density at radius 3 is 2.57 bits per heavy atom. The number of nitrogens with one attached hydrogen (secondary N) is 1. The van der Waals surface area contributed by atoms with E-state index in [2.05, 4.69) is 14.1 Å². The zero-order chi connectivity index (χ0) is 20.3. The predicted molar refractivity (Wildman–Crippen MR) is 104 cm³/mol. The van der Waals surface area contributed by atoms with Gasteiger partial charge in [-0.25, -0.2) is 0 Å². The number of hydrogen-bond acceptors (Lipinski definition) is 7. The fourth-order valence-corrected chi connectivity index (χ4v) is 3.48. The molecule has 28 heavy (non-hydrogen) atoms. The van der Waals surface area contributed by atoms with E-state index < -0.39 is 24.0 Å². The van der Waals surface area contributed by atoms with Crippen LogP contribution in [0.1, 0.15) is 27.6 Å². The van der Waals surface area contributed by atoms with Crippen molar-refractivity contribution in [1.29, 1.82) is 0 Å². The molecule has 0 radical (unpaired) electrons. The second-order valence-corrected chi connectivity index (χ2v) is 6.93. The number of primary amides is 1. The number of nitrogens with zero attached hydrogens (tertiary/aromatic N) is 2. The molecule has 8 nitrogen and oxygen atoms in total. The summed E-state index contributed by atoms with van der Waals surface area (Å²) < 4.78 is 13.8. The highest BCUT2D eigenvalue weighted by Gasteiger charge is 2.29. The van der Waals surface area contributed by atoms with Crippen molar-refractivity contribution in [3.8, 4) is 11.3 Å². The second kappa shape index (κ2) is 8.32. The fourth-order valence-electron chi connectivity index (χ4n) is 2.92. The number of benzene rings is 1. The van der Waals surface area contributed by atoms with E-state index in [0.29, 0.717) is 22.8 Å². The molecule has 0 aliphatic rings. The van der Waals surface area contributed by atoms with Gasteiger partial charge >= 0.3 is 0 Å². The lowest BCUT2D eigenvalue weighted by Crippen LogP contribution is -2.50. The summed E-state index contributed by atoms with van der Waals surface area (Å²) in [5, 5.41) is 12.9. The molecular formula is C19H20N4O4S. The van der Waals surface area contributed by atoms with Gasteiger partial charge < -0.3 is 20.6 Å². The van der Waals surface area contributed by atoms with Crippen LogP contribution >= 0.6 is 11.7 Å². The Balaban J connectivity index is 1.86. The number of amides is 2. The van der Waals surface area contributed by atoms with Crippen LogP contribution in [0.4, 0.5) is 0 Å². The highest BCUT2D eigenvalue weighted by molar-refractivity contribution is 6.99. The van der Waals surface area contributed by atoms with Gasteiger partial charge in [-0.3, -0.25) is 9.59 Å². The van der Waals surface area contributed by atoms with Crippen LogP contribution in [0.15, 0.2) is 40.8 Å². The number of hydrogen-bond donors (Lipinski definition) is 3. The van der Waals surface area contributed by atoms with Gasteiger partial charge in [-0.15, -0.1) is 0 Å². The number of aromatic nitrogens is 2. The Hall–Kier alpha value is -3.04.